The number of ether oxygens (including phenoxy) is 3. The standard InChI is InChI=1S/C32H29ClFN3O7.Li/c1-42-27-17-22-24(18-28(27)43-14-3-2-7-29(38)39)35-13-10-25(22)44-26-9-8-21(16-23(26)34)37-31(41)32(11-12-32)30(40)36-20-6-4-5-19(33)15-20;/h4-6,8-10,13,15-18H,2-3,7,11-12,14H2,1H3,(H,36,40)(H,37,41)(H,38,39);/q;+1/p-1. The Hall–Kier alpha value is -4.30. The monoisotopic (exact) mass is 627 g/mol. The Kier molecular flexibility index (Phi) is 10.9. The average Bonchev–Trinajstić information content (AvgIpc) is 3.80. The zero-order valence-electron chi connectivity index (χ0n) is 24.7. The number of amides is 2. The molecule has 0 saturated heterocycles. The molecular formula is C32H28ClFLiN3O7. The number of fused-ring (bicyclic) bond motifs is 1. The second-order valence-electron chi connectivity index (χ2n) is 10.3. The Balaban J connectivity index is 0.00000461. The number of halogens is 2. The number of anilines is 2. The normalized spacial score (nSPS) is 12.9. The number of hydrogen-bond acceptors (Lipinski definition) is 8. The Morgan fingerprint density at radius 3 is 2.31 bits per heavy atom. The van der Waals surface area contributed by atoms with E-state index < -0.39 is 29.0 Å². The van der Waals surface area contributed by atoms with Crippen molar-refractivity contribution in [2.24, 2.45) is 5.41 Å². The maximum Gasteiger partial charge on any atom is 1.00 e. The minimum absolute atomic E-state index is 0. The molecule has 1 aliphatic carbocycles. The number of hydrogen-bond donors (Lipinski definition) is 2. The number of nitrogens with one attached hydrogen (secondary N) is 2. The number of carbonyl (C=O) groups excluding carboxylic acids is 3. The van der Waals surface area contributed by atoms with E-state index in [0.717, 1.165) is 6.07 Å². The van der Waals surface area contributed by atoms with Crippen LogP contribution in [0, 0.1) is 11.2 Å². The zero-order chi connectivity index (χ0) is 31.3. The first-order valence-electron chi connectivity index (χ1n) is 13.8. The molecule has 45 heavy (non-hydrogen) atoms. The van der Waals surface area contributed by atoms with Gasteiger partial charge >= 0.3 is 18.9 Å². The molecule has 1 heterocycles. The van der Waals surface area contributed by atoms with Gasteiger partial charge in [-0.3, -0.25) is 14.6 Å². The van der Waals surface area contributed by atoms with Crippen LogP contribution >= 0.6 is 11.6 Å². The molecule has 0 unspecified atom stereocenters. The molecule has 3 aromatic carbocycles. The number of pyridine rings is 1. The predicted octanol–water partition coefficient (Wildman–Crippen LogP) is 2.49. The molecular weight excluding hydrogens is 600 g/mol. The first-order chi connectivity index (χ1) is 21.2. The van der Waals surface area contributed by atoms with E-state index in [2.05, 4.69) is 15.6 Å². The molecule has 1 fully saturated rings. The third-order valence-corrected chi connectivity index (χ3v) is 7.37. The van der Waals surface area contributed by atoms with Crippen LogP contribution < -0.4 is 48.8 Å². The van der Waals surface area contributed by atoms with E-state index in [1.54, 1.807) is 42.5 Å². The number of rotatable bonds is 13. The van der Waals surface area contributed by atoms with E-state index in [-0.39, 0.29) is 43.3 Å². The van der Waals surface area contributed by atoms with Crippen molar-refractivity contribution in [3.8, 4) is 23.0 Å². The Morgan fingerprint density at radius 1 is 0.933 bits per heavy atom. The largest absolute Gasteiger partial charge is 1.00 e. The number of aromatic nitrogens is 1. The van der Waals surface area contributed by atoms with Crippen molar-refractivity contribution in [1.82, 2.24) is 4.98 Å². The van der Waals surface area contributed by atoms with Gasteiger partial charge in [-0.1, -0.05) is 17.7 Å². The summed E-state index contributed by atoms with van der Waals surface area (Å²) >= 11 is 5.98. The van der Waals surface area contributed by atoms with Crippen molar-refractivity contribution < 1.29 is 57.0 Å². The maximum absolute atomic E-state index is 15.2. The fraction of sp³-hybridized carbons (Fsp3) is 0.250. The summed E-state index contributed by atoms with van der Waals surface area (Å²) in [7, 11) is 1.47. The van der Waals surface area contributed by atoms with Crippen molar-refractivity contribution in [1.29, 1.82) is 0 Å². The van der Waals surface area contributed by atoms with Crippen LogP contribution in [0.1, 0.15) is 32.1 Å². The SMILES string of the molecule is COc1cc2c(Oc3ccc(NC(=O)C4(C(=O)Nc5cccc(Cl)c5)CC4)cc3F)ccnc2cc1OCCCCC(=O)[O-].[Li+]. The molecule has 2 amide bonds. The molecule has 0 atom stereocenters. The van der Waals surface area contributed by atoms with Gasteiger partial charge in [-0.05, 0) is 74.6 Å². The molecule has 0 spiro atoms. The van der Waals surface area contributed by atoms with Gasteiger partial charge in [0.2, 0.25) is 11.8 Å². The van der Waals surface area contributed by atoms with Gasteiger partial charge in [0, 0.05) is 46.1 Å². The molecule has 13 heteroatoms. The van der Waals surface area contributed by atoms with E-state index >= 15 is 4.39 Å². The van der Waals surface area contributed by atoms with Gasteiger partial charge in [0.25, 0.3) is 0 Å². The number of carbonyl (C=O) groups is 3. The van der Waals surface area contributed by atoms with Gasteiger partial charge in [0.05, 0.1) is 19.2 Å². The number of benzene rings is 3. The summed E-state index contributed by atoms with van der Waals surface area (Å²) in [6.07, 6.45) is 3.11. The maximum atomic E-state index is 15.2. The van der Waals surface area contributed by atoms with Crippen LogP contribution in [0.3, 0.4) is 0 Å². The summed E-state index contributed by atoms with van der Waals surface area (Å²) in [4.78, 5) is 40.9. The van der Waals surface area contributed by atoms with Gasteiger partial charge in [-0.15, -0.1) is 0 Å². The number of aliphatic carboxylic acids is 1. The summed E-state index contributed by atoms with van der Waals surface area (Å²) < 4.78 is 32.3. The molecule has 0 bridgehead atoms. The molecule has 2 N–H and O–H groups in total. The first kappa shape index (κ1) is 33.6. The summed E-state index contributed by atoms with van der Waals surface area (Å²) in [5.74, 6) is -1.81. The molecule has 10 nitrogen and oxygen atoms in total. The van der Waals surface area contributed by atoms with Crippen LogP contribution in [0.25, 0.3) is 10.9 Å². The van der Waals surface area contributed by atoms with E-state index in [4.69, 9.17) is 25.8 Å². The number of carboxylic acid groups (broad SMARTS) is 1. The van der Waals surface area contributed by atoms with Crippen LogP contribution in [0.15, 0.2) is 66.9 Å². The summed E-state index contributed by atoms with van der Waals surface area (Å²) in [5.41, 5.74) is -0.0980. The predicted molar refractivity (Wildman–Crippen MR) is 160 cm³/mol. The molecule has 1 aromatic heterocycles. The second-order valence-corrected chi connectivity index (χ2v) is 10.7. The molecule has 5 rings (SSSR count). The summed E-state index contributed by atoms with van der Waals surface area (Å²) in [5, 5.41) is 16.9. The van der Waals surface area contributed by atoms with Crippen LogP contribution in [0.2, 0.25) is 5.02 Å². The molecule has 1 saturated carbocycles. The molecule has 4 aromatic rings. The smallest absolute Gasteiger partial charge is 0.550 e. The number of carboxylic acids is 1. The molecule has 1 aliphatic rings. The third kappa shape index (κ3) is 8.05. The fourth-order valence-corrected chi connectivity index (χ4v) is 4.76. The van der Waals surface area contributed by atoms with E-state index in [9.17, 15) is 19.5 Å². The fourth-order valence-electron chi connectivity index (χ4n) is 4.57. The van der Waals surface area contributed by atoms with Crippen molar-refractivity contribution in [3.05, 3.63) is 77.7 Å². The van der Waals surface area contributed by atoms with Gasteiger partial charge < -0.3 is 34.7 Å². The van der Waals surface area contributed by atoms with E-state index in [1.165, 1.54) is 25.4 Å². The topological polar surface area (TPSA) is 139 Å². The van der Waals surface area contributed by atoms with Gasteiger partial charge in [-0.25, -0.2) is 4.39 Å². The quantitative estimate of drug-likeness (QED) is 0.131. The molecule has 0 radical (unpaired) electrons. The van der Waals surface area contributed by atoms with Crippen molar-refractivity contribution in [3.63, 3.8) is 0 Å². The van der Waals surface area contributed by atoms with Crippen molar-refractivity contribution in [2.45, 2.75) is 32.1 Å². The van der Waals surface area contributed by atoms with Crippen molar-refractivity contribution in [2.75, 3.05) is 24.4 Å². The van der Waals surface area contributed by atoms with E-state index in [1.807, 2.05) is 0 Å². The van der Waals surface area contributed by atoms with Crippen LogP contribution in [0.4, 0.5) is 15.8 Å². The van der Waals surface area contributed by atoms with Gasteiger partial charge in [-0.2, -0.15) is 0 Å². The Bertz CT molecular complexity index is 1730. The minimum atomic E-state index is -1.25. The summed E-state index contributed by atoms with van der Waals surface area (Å²) in [6.45, 7) is 0.271. The number of nitrogens with zero attached hydrogens (tertiary/aromatic N) is 1. The van der Waals surface area contributed by atoms with Crippen LogP contribution in [0.5, 0.6) is 23.0 Å². The molecule has 0 aliphatic heterocycles. The van der Waals surface area contributed by atoms with Crippen LogP contribution in [-0.4, -0.2) is 36.5 Å². The van der Waals surface area contributed by atoms with Gasteiger partial charge in [0.15, 0.2) is 23.1 Å². The summed E-state index contributed by atoms with van der Waals surface area (Å²) in [6, 6.07) is 15.5. The van der Waals surface area contributed by atoms with Crippen molar-refractivity contribution >= 4 is 51.7 Å². The Morgan fingerprint density at radius 2 is 1.67 bits per heavy atom. The Labute approximate surface area is 275 Å². The van der Waals surface area contributed by atoms with E-state index in [0.29, 0.717) is 64.5 Å². The van der Waals surface area contributed by atoms with Crippen LogP contribution in [-0.2, 0) is 14.4 Å². The number of methoxy groups -OCH3 is 1. The molecule has 228 valence electrons. The average molecular weight is 628 g/mol. The van der Waals surface area contributed by atoms with Gasteiger partial charge in [0.1, 0.15) is 11.2 Å². The third-order valence-electron chi connectivity index (χ3n) is 7.13. The second kappa shape index (κ2) is 14.7. The zero-order valence-corrected chi connectivity index (χ0v) is 25.4. The minimum Gasteiger partial charge on any atom is -0.550 e. The number of unbranched alkanes of at least 4 members (excludes halogenated alkanes) is 1. The first-order valence-corrected chi connectivity index (χ1v) is 14.2.